The van der Waals surface area contributed by atoms with Gasteiger partial charge in [-0.1, -0.05) is 0 Å². The van der Waals surface area contributed by atoms with Crippen molar-refractivity contribution in [2.24, 2.45) is 0 Å². The second kappa shape index (κ2) is 11.1. The molecule has 16 nitrogen and oxygen atoms in total. The summed E-state index contributed by atoms with van der Waals surface area (Å²) in [4.78, 5) is 13.7. The highest BCUT2D eigenvalue weighted by Crippen LogP contribution is 2.42. The van der Waals surface area contributed by atoms with Crippen LogP contribution in [0.25, 0.3) is 22.3 Å². The number of rotatable bonds is 5. The van der Waals surface area contributed by atoms with Crippen LogP contribution in [-0.4, -0.2) is 124 Å². The van der Waals surface area contributed by atoms with E-state index in [0.29, 0.717) is 0 Å². The molecule has 0 saturated carbocycles. The van der Waals surface area contributed by atoms with Gasteiger partial charge in [-0.3, -0.25) is 4.79 Å². The average molecular weight is 611 g/mol. The highest BCUT2D eigenvalue weighted by Gasteiger charge is 2.64. The molecule has 234 valence electrons. The first-order chi connectivity index (χ1) is 20.2. The number of benzene rings is 2. The predicted molar refractivity (Wildman–Crippen MR) is 140 cm³/mol. The molecule has 3 heterocycles. The number of hydrogen-bond donors (Lipinski definition) is 11. The second-order valence-corrected chi connectivity index (χ2v) is 10.5. The molecule has 2 saturated heterocycles. The average Bonchev–Trinajstić information content (AvgIpc) is 2.96. The third kappa shape index (κ3) is 4.92. The molecule has 0 radical (unpaired) electrons. The van der Waals surface area contributed by atoms with Gasteiger partial charge in [-0.25, -0.2) is 0 Å². The summed E-state index contributed by atoms with van der Waals surface area (Å²) in [6.07, 6.45) is -17.3. The molecule has 43 heavy (non-hydrogen) atoms. The number of aliphatic hydroxyl groups is 7. The largest absolute Gasteiger partial charge is 0.508 e. The maximum Gasteiger partial charge on any atom is 0.239 e. The number of aliphatic hydroxyl groups excluding tert-OH is 6. The maximum atomic E-state index is 13.7. The van der Waals surface area contributed by atoms with Gasteiger partial charge in [0.25, 0.3) is 0 Å². The Morgan fingerprint density at radius 3 is 2.21 bits per heavy atom. The molecule has 2 aromatic carbocycles. The lowest BCUT2D eigenvalue weighted by Crippen LogP contribution is -2.77. The lowest BCUT2D eigenvalue weighted by molar-refractivity contribution is -0.361. The number of hydrogen-bond acceptors (Lipinski definition) is 16. The first kappa shape index (κ1) is 30.7. The van der Waals surface area contributed by atoms with E-state index in [1.165, 1.54) is 13.0 Å². The summed E-state index contributed by atoms with van der Waals surface area (Å²) in [5, 5.41) is 115. The molecule has 11 N–H and O–H groups in total. The minimum Gasteiger partial charge on any atom is -0.508 e. The summed E-state index contributed by atoms with van der Waals surface area (Å²) in [5.41, 5.74) is -4.51. The van der Waals surface area contributed by atoms with Crippen molar-refractivity contribution < 1.29 is 74.8 Å². The van der Waals surface area contributed by atoms with Crippen LogP contribution in [0.2, 0.25) is 0 Å². The fraction of sp³-hybridized carbons (Fsp3) is 0.444. The quantitative estimate of drug-likeness (QED) is 0.135. The SMILES string of the molecule is C[C@H]1OC([C@@]2(O)[C@@H](O)C(Oc3c(-c4ccc(O)c(O)c4)oc4cc(O)cc(O)c4c3=O)O[C@H](CO)[C@@H]2O)[C@@H](O)[C@@H](O)[C@@H]1O. The summed E-state index contributed by atoms with van der Waals surface area (Å²) < 4.78 is 22.4. The van der Waals surface area contributed by atoms with E-state index in [0.717, 1.165) is 24.3 Å². The van der Waals surface area contributed by atoms with E-state index >= 15 is 0 Å². The van der Waals surface area contributed by atoms with Gasteiger partial charge in [0, 0.05) is 17.7 Å². The van der Waals surface area contributed by atoms with E-state index in [1.807, 2.05) is 0 Å². The summed E-state index contributed by atoms with van der Waals surface area (Å²) in [5.74, 6) is -3.68. The van der Waals surface area contributed by atoms with Crippen LogP contribution in [0.15, 0.2) is 39.5 Å². The van der Waals surface area contributed by atoms with E-state index in [9.17, 15) is 61.0 Å². The number of phenols is 4. The van der Waals surface area contributed by atoms with Crippen LogP contribution in [-0.2, 0) is 9.47 Å². The molecule has 5 rings (SSSR count). The Hall–Kier alpha value is -3.71. The van der Waals surface area contributed by atoms with Gasteiger partial charge >= 0.3 is 0 Å². The molecule has 10 atom stereocenters. The molecule has 0 amide bonds. The van der Waals surface area contributed by atoms with Crippen molar-refractivity contribution in [1.82, 2.24) is 0 Å². The van der Waals surface area contributed by atoms with Crippen molar-refractivity contribution >= 4 is 11.0 Å². The first-order valence-corrected chi connectivity index (χ1v) is 13.0. The van der Waals surface area contributed by atoms with Crippen LogP contribution in [0, 0.1) is 0 Å². The Kier molecular flexibility index (Phi) is 7.93. The topological polar surface area (TPSA) is 280 Å². The van der Waals surface area contributed by atoms with Gasteiger partial charge in [0.05, 0.1) is 12.7 Å². The van der Waals surface area contributed by atoms with Crippen molar-refractivity contribution in [3.05, 3.63) is 40.6 Å². The highest BCUT2D eigenvalue weighted by molar-refractivity contribution is 5.88. The zero-order valence-corrected chi connectivity index (χ0v) is 22.3. The van der Waals surface area contributed by atoms with Crippen molar-refractivity contribution in [2.75, 3.05) is 6.61 Å². The van der Waals surface area contributed by atoms with Crippen LogP contribution in [0.5, 0.6) is 28.7 Å². The normalized spacial score (nSPS) is 34.7. The minimum absolute atomic E-state index is 0.0941. The number of aromatic hydroxyl groups is 4. The maximum absolute atomic E-state index is 13.7. The molecular weight excluding hydrogens is 580 g/mol. The number of fused-ring (bicyclic) bond motifs is 1. The fourth-order valence-corrected chi connectivity index (χ4v) is 5.36. The second-order valence-electron chi connectivity index (χ2n) is 10.5. The molecule has 2 aliphatic heterocycles. The van der Waals surface area contributed by atoms with Crippen LogP contribution < -0.4 is 10.2 Å². The van der Waals surface area contributed by atoms with Crippen LogP contribution in [0.3, 0.4) is 0 Å². The van der Waals surface area contributed by atoms with Gasteiger partial charge in [-0.15, -0.1) is 0 Å². The third-order valence-electron chi connectivity index (χ3n) is 7.74. The van der Waals surface area contributed by atoms with E-state index in [2.05, 4.69) is 0 Å². The Morgan fingerprint density at radius 1 is 0.860 bits per heavy atom. The molecule has 1 aromatic heterocycles. The molecule has 3 aromatic rings. The van der Waals surface area contributed by atoms with Gasteiger partial charge in [0.2, 0.25) is 17.5 Å². The van der Waals surface area contributed by atoms with Gasteiger partial charge in [-0.2, -0.15) is 0 Å². The molecule has 16 heteroatoms. The molecule has 0 spiro atoms. The summed E-state index contributed by atoms with van der Waals surface area (Å²) in [6.45, 7) is 0.292. The van der Waals surface area contributed by atoms with Crippen molar-refractivity contribution in [2.45, 2.75) is 67.6 Å². The lowest BCUT2D eigenvalue weighted by Gasteiger charge is -2.54. The standard InChI is InChI=1S/C27H30O16/c1-8-17(33)19(35)20(36)25(40-8)27(39)23(37)15(7-28)42-26(24(27)38)43-22-18(34)16-13(32)5-10(29)6-14(16)41-21(22)9-2-3-11(30)12(31)4-9/h2-6,8,15,17,19-20,23-26,28-33,35-39H,7H2,1H3/t8-,15-,17-,19+,20+,23+,24+,25?,26?,27+/m1/s1. The Morgan fingerprint density at radius 2 is 1.56 bits per heavy atom. The van der Waals surface area contributed by atoms with Gasteiger partial charge in [-0.05, 0) is 25.1 Å². The van der Waals surface area contributed by atoms with E-state index in [4.69, 9.17) is 18.6 Å². The number of phenolic OH excluding ortho intramolecular Hbond substituents is 4. The van der Waals surface area contributed by atoms with E-state index in [-0.39, 0.29) is 11.1 Å². The Labute approximate surface area is 241 Å². The van der Waals surface area contributed by atoms with Crippen molar-refractivity contribution in [3.8, 4) is 40.1 Å². The fourth-order valence-electron chi connectivity index (χ4n) is 5.36. The summed E-state index contributed by atoms with van der Waals surface area (Å²) in [6, 6.07) is 5.05. The molecular formula is C27H30O16. The van der Waals surface area contributed by atoms with Crippen molar-refractivity contribution in [1.29, 1.82) is 0 Å². The Bertz CT molecular complexity index is 1570. The smallest absolute Gasteiger partial charge is 0.239 e. The summed E-state index contributed by atoms with van der Waals surface area (Å²) in [7, 11) is 0. The Balaban J connectivity index is 1.65. The lowest BCUT2D eigenvalue weighted by atomic mass is 9.74. The van der Waals surface area contributed by atoms with Gasteiger partial charge in [0.1, 0.15) is 59.1 Å². The van der Waals surface area contributed by atoms with Crippen molar-refractivity contribution in [3.63, 3.8) is 0 Å². The van der Waals surface area contributed by atoms with E-state index < -0.39 is 113 Å². The zero-order chi connectivity index (χ0) is 31.5. The molecule has 0 bridgehead atoms. The minimum atomic E-state index is -2.97. The van der Waals surface area contributed by atoms with Crippen LogP contribution in [0.4, 0.5) is 0 Å². The molecule has 2 aliphatic rings. The first-order valence-electron chi connectivity index (χ1n) is 13.0. The number of ether oxygens (including phenoxy) is 3. The molecule has 2 fully saturated rings. The predicted octanol–water partition coefficient (Wildman–Crippen LogP) is -2.30. The van der Waals surface area contributed by atoms with E-state index in [1.54, 1.807) is 0 Å². The molecule has 0 aliphatic carbocycles. The monoisotopic (exact) mass is 610 g/mol. The highest BCUT2D eigenvalue weighted by atomic mass is 16.7. The van der Waals surface area contributed by atoms with Gasteiger partial charge < -0.3 is 74.8 Å². The third-order valence-corrected chi connectivity index (χ3v) is 7.74. The zero-order valence-electron chi connectivity index (χ0n) is 22.3. The van der Waals surface area contributed by atoms with Crippen LogP contribution >= 0.6 is 0 Å². The van der Waals surface area contributed by atoms with Crippen LogP contribution in [0.1, 0.15) is 6.92 Å². The van der Waals surface area contributed by atoms with Gasteiger partial charge in [0.15, 0.2) is 29.0 Å². The summed E-state index contributed by atoms with van der Waals surface area (Å²) >= 11 is 0. The molecule has 2 unspecified atom stereocenters.